The van der Waals surface area contributed by atoms with Crippen LogP contribution in [0.1, 0.15) is 24.0 Å². The Morgan fingerprint density at radius 1 is 0.528 bits per heavy atom. The van der Waals surface area contributed by atoms with Crippen molar-refractivity contribution in [2.75, 3.05) is 0 Å². The molecular formula is C50H36NOP. The second kappa shape index (κ2) is 11.5. The van der Waals surface area contributed by atoms with E-state index in [9.17, 15) is 4.89 Å². The van der Waals surface area contributed by atoms with Gasteiger partial charge in [0.2, 0.25) is 0 Å². The summed E-state index contributed by atoms with van der Waals surface area (Å²) in [6.07, 6.45) is 0.826. The molecule has 0 saturated carbocycles. The van der Waals surface area contributed by atoms with Gasteiger partial charge in [-0.2, -0.15) is 0 Å². The fourth-order valence-corrected chi connectivity index (χ4v) is 13.3. The molecule has 2 aliphatic rings. The first kappa shape index (κ1) is 30.7. The van der Waals surface area contributed by atoms with Gasteiger partial charge < -0.3 is 0 Å². The molecule has 1 atom stereocenters. The summed E-state index contributed by atoms with van der Waals surface area (Å²) in [7, 11) is -3.46. The minimum atomic E-state index is -3.46. The first-order chi connectivity index (χ1) is 26.1. The zero-order chi connectivity index (χ0) is 35.3. The summed E-state index contributed by atoms with van der Waals surface area (Å²) >= 11 is 0. The van der Waals surface area contributed by atoms with Crippen molar-refractivity contribution in [2.24, 2.45) is 4.99 Å². The molecule has 9 aromatic carbocycles. The van der Waals surface area contributed by atoms with Crippen molar-refractivity contribution in [3.63, 3.8) is 0 Å². The number of rotatable bonds is 3. The van der Waals surface area contributed by atoms with Crippen LogP contribution >= 0.6 is 7.49 Å². The zero-order valence-electron chi connectivity index (χ0n) is 29.3. The predicted octanol–water partition coefficient (Wildman–Crippen LogP) is 11.3. The fraction of sp³-hybridized carbons (Fsp3) is 0.0600. The molecule has 0 aliphatic carbocycles. The van der Waals surface area contributed by atoms with Gasteiger partial charge in [0.1, 0.15) is 0 Å². The standard InChI is InChI=1S/C50H36NOP/c1-31-43-29-33-26-27-34(30-47(33)53(52,35-15-3-2-4-16-35)46-25-13-24-45(51-31)50(43)46)48-39-20-9-11-22-41(39)49(42-23-12-10-21-40(42)48)44-28-32-14-5-6-17-36(32)37-18-7-8-19-38(37)44/h2-28,30,43,52-53H,29H2,1H3. The van der Waals surface area contributed by atoms with Gasteiger partial charge >= 0.3 is 304 Å². The molecule has 53 heavy (non-hydrogen) atoms. The number of hydrogen-bond acceptors (Lipinski definition) is 2. The van der Waals surface area contributed by atoms with E-state index in [0.29, 0.717) is 0 Å². The van der Waals surface area contributed by atoms with Gasteiger partial charge in [-0.05, 0) is 0 Å². The summed E-state index contributed by atoms with van der Waals surface area (Å²) in [4.78, 5) is 18.6. The van der Waals surface area contributed by atoms with Gasteiger partial charge in [-0.3, -0.25) is 0 Å². The molecule has 11 rings (SSSR count). The van der Waals surface area contributed by atoms with Crippen LogP contribution in [0.3, 0.4) is 0 Å². The average molecular weight is 698 g/mol. The van der Waals surface area contributed by atoms with Crippen molar-refractivity contribution < 1.29 is 4.89 Å². The molecule has 9 aromatic rings. The van der Waals surface area contributed by atoms with Crippen LogP contribution in [0, 0.1) is 0 Å². The van der Waals surface area contributed by atoms with Crippen molar-refractivity contribution in [1.29, 1.82) is 0 Å². The van der Waals surface area contributed by atoms with Crippen LogP contribution in [0.15, 0.2) is 175 Å². The maximum atomic E-state index is 13.5. The second-order valence-electron chi connectivity index (χ2n) is 14.7. The van der Waals surface area contributed by atoms with Gasteiger partial charge in [0, 0.05) is 0 Å². The molecule has 2 nitrogen and oxygen atoms in total. The quantitative estimate of drug-likeness (QED) is 0.111. The number of hydrogen-bond donors (Lipinski definition) is 1. The van der Waals surface area contributed by atoms with Crippen molar-refractivity contribution >= 4 is 77.9 Å². The van der Waals surface area contributed by atoms with E-state index < -0.39 is 7.49 Å². The van der Waals surface area contributed by atoms with Gasteiger partial charge in [0.15, 0.2) is 0 Å². The monoisotopic (exact) mass is 697 g/mol. The molecular weight excluding hydrogens is 662 g/mol. The van der Waals surface area contributed by atoms with E-state index in [1.165, 1.54) is 70.9 Å². The summed E-state index contributed by atoms with van der Waals surface area (Å²) in [5, 5.41) is 13.1. The Labute approximate surface area is 309 Å². The summed E-state index contributed by atoms with van der Waals surface area (Å²) < 4.78 is 0. The molecule has 1 unspecified atom stereocenters. The van der Waals surface area contributed by atoms with Crippen molar-refractivity contribution in [3.05, 3.63) is 181 Å². The molecule has 2 heterocycles. The average Bonchev–Trinajstić information content (AvgIpc) is 3.48. The first-order valence-corrected chi connectivity index (χ1v) is 20.5. The Morgan fingerprint density at radius 3 is 1.85 bits per heavy atom. The Hall–Kier alpha value is -5.92. The molecule has 0 amide bonds. The van der Waals surface area contributed by atoms with E-state index in [4.69, 9.17) is 4.99 Å². The zero-order valence-corrected chi connectivity index (χ0v) is 30.3. The van der Waals surface area contributed by atoms with Crippen LogP contribution in [-0.4, -0.2) is 10.6 Å². The van der Waals surface area contributed by atoms with Gasteiger partial charge in [-0.15, -0.1) is 0 Å². The van der Waals surface area contributed by atoms with E-state index in [0.717, 1.165) is 39.3 Å². The van der Waals surface area contributed by atoms with Gasteiger partial charge in [-0.1, -0.05) is 6.07 Å². The predicted molar refractivity (Wildman–Crippen MR) is 229 cm³/mol. The summed E-state index contributed by atoms with van der Waals surface area (Å²) in [5.41, 5.74) is 9.40. The van der Waals surface area contributed by atoms with E-state index in [1.807, 2.05) is 6.07 Å². The summed E-state index contributed by atoms with van der Waals surface area (Å²) in [6, 6.07) is 61.5. The molecule has 1 N–H and O–H groups in total. The van der Waals surface area contributed by atoms with Crippen molar-refractivity contribution in [3.8, 4) is 22.3 Å². The maximum absolute atomic E-state index is 13.5. The Balaban J connectivity index is 1.23. The van der Waals surface area contributed by atoms with E-state index in [2.05, 4.69) is 171 Å². The van der Waals surface area contributed by atoms with Crippen LogP contribution in [0.25, 0.3) is 65.3 Å². The molecule has 0 fully saturated rings. The van der Waals surface area contributed by atoms with Crippen LogP contribution in [0.2, 0.25) is 0 Å². The number of nitrogens with zero attached hydrogens (tertiary/aromatic N) is 1. The Kier molecular flexibility index (Phi) is 6.68. The second-order valence-corrected chi connectivity index (χ2v) is 17.8. The van der Waals surface area contributed by atoms with Crippen LogP contribution in [0.4, 0.5) is 5.69 Å². The molecule has 2 aliphatic heterocycles. The fourth-order valence-electron chi connectivity index (χ4n) is 9.65. The third-order valence-electron chi connectivity index (χ3n) is 12.0. The molecule has 0 saturated heterocycles. The van der Waals surface area contributed by atoms with Crippen LogP contribution in [0.5, 0.6) is 0 Å². The van der Waals surface area contributed by atoms with E-state index in [-0.39, 0.29) is 5.92 Å². The molecule has 0 radical (unpaired) electrons. The number of benzene rings is 9. The van der Waals surface area contributed by atoms with E-state index in [1.54, 1.807) is 0 Å². The molecule has 3 heteroatoms. The van der Waals surface area contributed by atoms with Crippen LogP contribution in [-0.2, 0) is 6.42 Å². The molecule has 0 spiro atoms. The molecule has 252 valence electrons. The topological polar surface area (TPSA) is 32.6 Å². The number of aliphatic imine (C=N–C) groups is 1. The first-order valence-electron chi connectivity index (χ1n) is 18.5. The SMILES string of the molecule is CC1=Nc2cccc3c2C1Cc1ccc(-c2c4ccccc4c(-c4cc5ccccc5c5ccccc45)c4ccccc24)cc1[PH]3(O)c1ccccc1. The van der Waals surface area contributed by atoms with Gasteiger partial charge in [0.05, 0.1) is 0 Å². The Bertz CT molecular complexity index is 2960. The minimum absolute atomic E-state index is 0.161. The molecule has 0 bridgehead atoms. The van der Waals surface area contributed by atoms with Gasteiger partial charge in [0.25, 0.3) is 0 Å². The number of fused-ring (bicyclic) bond motifs is 6. The molecule has 0 aromatic heterocycles. The van der Waals surface area contributed by atoms with E-state index >= 15 is 0 Å². The summed E-state index contributed by atoms with van der Waals surface area (Å²) in [5.74, 6) is 0.161. The summed E-state index contributed by atoms with van der Waals surface area (Å²) in [6.45, 7) is 2.15. The van der Waals surface area contributed by atoms with Crippen molar-refractivity contribution in [1.82, 2.24) is 0 Å². The van der Waals surface area contributed by atoms with Crippen molar-refractivity contribution in [2.45, 2.75) is 19.3 Å². The van der Waals surface area contributed by atoms with Crippen LogP contribution < -0.4 is 15.9 Å². The third-order valence-corrected chi connectivity index (χ3v) is 15.6. The van der Waals surface area contributed by atoms with Gasteiger partial charge in [-0.25, -0.2) is 0 Å². The normalized spacial score (nSPS) is 16.3. The third kappa shape index (κ3) is 4.37. The Morgan fingerprint density at radius 2 is 1.13 bits per heavy atom.